The first-order valence-corrected chi connectivity index (χ1v) is 7.92. The molecule has 0 saturated carbocycles. The molecule has 0 aliphatic carbocycles. The second kappa shape index (κ2) is 8.57. The van der Waals surface area contributed by atoms with Crippen LogP contribution < -0.4 is 10.6 Å². The van der Waals surface area contributed by atoms with Gasteiger partial charge in [0.15, 0.2) is 0 Å². The van der Waals surface area contributed by atoms with Crippen molar-refractivity contribution >= 4 is 46.5 Å². The minimum absolute atomic E-state index is 0.192. The molecule has 0 bridgehead atoms. The van der Waals surface area contributed by atoms with E-state index in [1.807, 2.05) is 0 Å². The van der Waals surface area contributed by atoms with Gasteiger partial charge in [-0.15, -0.1) is 0 Å². The van der Waals surface area contributed by atoms with Crippen LogP contribution in [-0.4, -0.2) is 25.5 Å². The number of halogens is 2. The second-order valence-electron chi connectivity index (χ2n) is 4.92. The van der Waals surface area contributed by atoms with Gasteiger partial charge in [-0.1, -0.05) is 29.3 Å². The molecule has 0 unspecified atom stereocenters. The number of hydrogen-bond acceptors (Lipinski definition) is 4. The van der Waals surface area contributed by atoms with E-state index < -0.39 is 5.97 Å². The van der Waals surface area contributed by atoms with Gasteiger partial charge in [-0.3, -0.25) is 4.79 Å². The lowest BCUT2D eigenvalue weighted by atomic mass is 10.2. The molecule has 7 heteroatoms. The number of amides is 1. The van der Waals surface area contributed by atoms with Crippen molar-refractivity contribution in [2.75, 3.05) is 24.3 Å². The third-order valence-electron chi connectivity index (χ3n) is 3.16. The summed E-state index contributed by atoms with van der Waals surface area (Å²) < 4.78 is 4.65. The lowest BCUT2D eigenvalue weighted by Gasteiger charge is -2.10. The number of ether oxygens (including phenoxy) is 1. The van der Waals surface area contributed by atoms with Gasteiger partial charge in [0.2, 0.25) is 5.91 Å². The summed E-state index contributed by atoms with van der Waals surface area (Å²) in [5.74, 6) is -0.647. The highest BCUT2D eigenvalue weighted by atomic mass is 35.5. The van der Waals surface area contributed by atoms with E-state index in [9.17, 15) is 9.59 Å². The van der Waals surface area contributed by atoms with E-state index in [1.54, 1.807) is 42.5 Å². The summed E-state index contributed by atoms with van der Waals surface area (Å²) in [5.41, 5.74) is 1.58. The van der Waals surface area contributed by atoms with Gasteiger partial charge >= 0.3 is 5.97 Å². The molecule has 24 heavy (non-hydrogen) atoms. The fourth-order valence-corrected chi connectivity index (χ4v) is 2.37. The van der Waals surface area contributed by atoms with Crippen LogP contribution in [0.15, 0.2) is 42.5 Å². The molecule has 0 heterocycles. The molecule has 0 saturated heterocycles. The number of rotatable bonds is 6. The van der Waals surface area contributed by atoms with Crippen LogP contribution >= 0.6 is 23.2 Å². The second-order valence-corrected chi connectivity index (χ2v) is 5.77. The van der Waals surface area contributed by atoms with Gasteiger partial charge in [0.05, 0.1) is 23.4 Å². The Bertz CT molecular complexity index is 750. The summed E-state index contributed by atoms with van der Waals surface area (Å²) >= 11 is 11.9. The quantitative estimate of drug-likeness (QED) is 0.751. The van der Waals surface area contributed by atoms with Crippen LogP contribution in [0.25, 0.3) is 0 Å². The van der Waals surface area contributed by atoms with Gasteiger partial charge in [-0.25, -0.2) is 4.79 Å². The van der Waals surface area contributed by atoms with Crippen LogP contribution in [-0.2, 0) is 9.53 Å². The minimum Gasteiger partial charge on any atom is -0.465 e. The lowest BCUT2D eigenvalue weighted by molar-refractivity contribution is -0.115. The van der Waals surface area contributed by atoms with Crippen molar-refractivity contribution in [3.8, 4) is 0 Å². The van der Waals surface area contributed by atoms with E-state index in [2.05, 4.69) is 15.4 Å². The van der Waals surface area contributed by atoms with Gasteiger partial charge in [0, 0.05) is 23.7 Å². The van der Waals surface area contributed by atoms with Gasteiger partial charge in [0.1, 0.15) is 0 Å². The van der Waals surface area contributed by atoms with Crippen molar-refractivity contribution in [1.82, 2.24) is 0 Å². The molecular weight excluding hydrogens is 351 g/mol. The number of carbonyl (C=O) groups is 2. The number of benzene rings is 2. The Balaban J connectivity index is 1.87. The zero-order valence-electron chi connectivity index (χ0n) is 12.9. The molecule has 0 fully saturated rings. The van der Waals surface area contributed by atoms with E-state index in [0.29, 0.717) is 33.5 Å². The van der Waals surface area contributed by atoms with Crippen LogP contribution in [0.1, 0.15) is 16.8 Å². The third kappa shape index (κ3) is 5.15. The molecule has 0 radical (unpaired) electrons. The first kappa shape index (κ1) is 18.1. The normalized spacial score (nSPS) is 10.1. The van der Waals surface area contributed by atoms with Gasteiger partial charge in [-0.2, -0.15) is 0 Å². The Morgan fingerprint density at radius 2 is 1.92 bits per heavy atom. The van der Waals surface area contributed by atoms with E-state index >= 15 is 0 Å². The van der Waals surface area contributed by atoms with Crippen molar-refractivity contribution in [3.63, 3.8) is 0 Å². The van der Waals surface area contributed by atoms with Crippen LogP contribution in [0.3, 0.4) is 0 Å². The molecule has 0 spiro atoms. The predicted octanol–water partition coefficient (Wildman–Crippen LogP) is 4.22. The van der Waals surface area contributed by atoms with Crippen LogP contribution in [0.2, 0.25) is 10.0 Å². The number of methoxy groups -OCH3 is 1. The van der Waals surface area contributed by atoms with Crippen LogP contribution in [0, 0.1) is 0 Å². The summed E-state index contributed by atoms with van der Waals surface area (Å²) in [7, 11) is 1.31. The molecule has 0 aromatic heterocycles. The monoisotopic (exact) mass is 366 g/mol. The fraction of sp³-hybridized carbons (Fsp3) is 0.176. The van der Waals surface area contributed by atoms with Gasteiger partial charge in [0.25, 0.3) is 0 Å². The highest BCUT2D eigenvalue weighted by Crippen LogP contribution is 2.25. The average molecular weight is 367 g/mol. The Morgan fingerprint density at radius 1 is 1.12 bits per heavy atom. The molecule has 1 amide bonds. The number of anilines is 2. The van der Waals surface area contributed by atoms with Crippen molar-refractivity contribution in [3.05, 3.63) is 58.1 Å². The topological polar surface area (TPSA) is 67.4 Å². The molecule has 0 aliphatic rings. The first-order chi connectivity index (χ1) is 11.5. The SMILES string of the molecule is COC(=O)c1cccc(NC(=O)CCNc2cc(Cl)ccc2Cl)c1. The fourth-order valence-electron chi connectivity index (χ4n) is 2.01. The molecule has 126 valence electrons. The van der Waals surface area contributed by atoms with E-state index in [0.717, 1.165) is 0 Å². The third-order valence-corrected chi connectivity index (χ3v) is 3.73. The molecule has 2 rings (SSSR count). The summed E-state index contributed by atoms with van der Waals surface area (Å²) in [6, 6.07) is 11.6. The summed E-state index contributed by atoms with van der Waals surface area (Å²) in [6.45, 7) is 0.391. The molecular formula is C17H16Cl2N2O3. The molecule has 2 N–H and O–H groups in total. The maximum atomic E-state index is 12.0. The molecule has 2 aromatic rings. The standard InChI is InChI=1S/C17H16Cl2N2O3/c1-24-17(23)11-3-2-4-13(9-11)21-16(22)7-8-20-15-10-12(18)5-6-14(15)19/h2-6,9-10,20H,7-8H2,1H3,(H,21,22). The largest absolute Gasteiger partial charge is 0.465 e. The average Bonchev–Trinajstić information content (AvgIpc) is 2.57. The molecule has 2 aromatic carbocycles. The summed E-state index contributed by atoms with van der Waals surface area (Å²) in [6.07, 6.45) is 0.227. The Morgan fingerprint density at radius 3 is 2.67 bits per heavy atom. The zero-order chi connectivity index (χ0) is 17.5. The lowest BCUT2D eigenvalue weighted by Crippen LogP contribution is -2.16. The maximum Gasteiger partial charge on any atom is 0.337 e. The van der Waals surface area contributed by atoms with E-state index in [4.69, 9.17) is 23.2 Å². The summed E-state index contributed by atoms with van der Waals surface area (Å²) in [4.78, 5) is 23.5. The van der Waals surface area contributed by atoms with Crippen molar-refractivity contribution in [2.45, 2.75) is 6.42 Å². The number of hydrogen-bond donors (Lipinski definition) is 2. The Kier molecular flexibility index (Phi) is 6.46. The van der Waals surface area contributed by atoms with E-state index in [-0.39, 0.29) is 12.3 Å². The number of esters is 1. The van der Waals surface area contributed by atoms with Gasteiger partial charge < -0.3 is 15.4 Å². The highest BCUT2D eigenvalue weighted by Gasteiger charge is 2.08. The Hall–Kier alpha value is -2.24. The van der Waals surface area contributed by atoms with Crippen molar-refractivity contribution < 1.29 is 14.3 Å². The van der Waals surface area contributed by atoms with Crippen LogP contribution in [0.5, 0.6) is 0 Å². The van der Waals surface area contributed by atoms with Crippen LogP contribution in [0.4, 0.5) is 11.4 Å². The highest BCUT2D eigenvalue weighted by molar-refractivity contribution is 6.35. The smallest absolute Gasteiger partial charge is 0.337 e. The van der Waals surface area contributed by atoms with Gasteiger partial charge in [-0.05, 0) is 36.4 Å². The molecule has 0 aliphatic heterocycles. The van der Waals surface area contributed by atoms with E-state index in [1.165, 1.54) is 7.11 Å². The minimum atomic E-state index is -0.455. The number of carbonyl (C=O) groups excluding carboxylic acids is 2. The van der Waals surface area contributed by atoms with Crippen molar-refractivity contribution in [1.29, 1.82) is 0 Å². The Labute approximate surface area is 149 Å². The van der Waals surface area contributed by atoms with Crippen molar-refractivity contribution in [2.24, 2.45) is 0 Å². The zero-order valence-corrected chi connectivity index (χ0v) is 14.4. The maximum absolute atomic E-state index is 12.0. The number of nitrogens with one attached hydrogen (secondary N) is 2. The first-order valence-electron chi connectivity index (χ1n) is 7.17. The summed E-state index contributed by atoms with van der Waals surface area (Å²) in [5, 5.41) is 6.88. The predicted molar refractivity (Wildman–Crippen MR) is 96.0 cm³/mol. The molecule has 0 atom stereocenters. The molecule has 5 nitrogen and oxygen atoms in total.